The third-order valence-corrected chi connectivity index (χ3v) is 8.61. The number of carbonyl (C=O) groups is 2. The molecule has 6 heterocycles. The number of hydrogen-bond donors (Lipinski definition) is 2. The summed E-state index contributed by atoms with van der Waals surface area (Å²) in [7, 11) is 1.20. The van der Waals surface area contributed by atoms with Gasteiger partial charge < -0.3 is 20.4 Å². The smallest absolute Gasteiger partial charge is 0.292 e. The number of piperidine rings is 1. The van der Waals surface area contributed by atoms with E-state index in [1.54, 1.807) is 24.5 Å². The van der Waals surface area contributed by atoms with Crippen molar-refractivity contribution in [3.63, 3.8) is 0 Å². The van der Waals surface area contributed by atoms with E-state index in [1.807, 2.05) is 4.90 Å². The van der Waals surface area contributed by atoms with Gasteiger partial charge in [-0.15, -0.1) is 10.2 Å². The van der Waals surface area contributed by atoms with Crippen molar-refractivity contribution < 1.29 is 23.1 Å². The summed E-state index contributed by atoms with van der Waals surface area (Å²) in [4.78, 5) is 40.1. The quantitative estimate of drug-likeness (QED) is 0.273. The number of ether oxygens (including phenoxy) is 1. The Morgan fingerprint density at radius 2 is 1.80 bits per heavy atom. The molecule has 3 atom stereocenters. The second-order valence-corrected chi connectivity index (χ2v) is 11.1. The van der Waals surface area contributed by atoms with Crippen LogP contribution in [0.5, 0.6) is 5.75 Å². The summed E-state index contributed by atoms with van der Waals surface area (Å²) in [6.07, 6.45) is 7.46. The van der Waals surface area contributed by atoms with Gasteiger partial charge in [-0.3, -0.25) is 14.6 Å². The molecule has 1 aromatic carbocycles. The van der Waals surface area contributed by atoms with Crippen molar-refractivity contribution in [3.05, 3.63) is 71.7 Å². The lowest BCUT2D eigenvalue weighted by Crippen LogP contribution is -2.46. The number of methoxy groups -OCH3 is 1. The predicted octanol–water partition coefficient (Wildman–Crippen LogP) is 4.20. The molecular formula is C30H27F2N9O3. The maximum atomic E-state index is 14.3. The molecule has 14 heteroatoms. The van der Waals surface area contributed by atoms with Gasteiger partial charge in [-0.2, -0.15) is 9.61 Å². The number of hydrogen-bond acceptors (Lipinski definition) is 9. The fraction of sp³-hybridized carbons (Fsp3) is 0.300. The second-order valence-electron chi connectivity index (χ2n) is 11.1. The number of amides is 1. The zero-order valence-corrected chi connectivity index (χ0v) is 23.8. The molecule has 3 N–H and O–H groups in total. The molecular weight excluding hydrogens is 572 g/mol. The van der Waals surface area contributed by atoms with Crippen molar-refractivity contribution in [2.45, 2.75) is 50.6 Å². The Hall–Kier alpha value is -5.27. The highest BCUT2D eigenvalue weighted by Crippen LogP contribution is 2.45. The molecule has 2 saturated heterocycles. The van der Waals surface area contributed by atoms with Crippen LogP contribution in [0.4, 0.5) is 14.6 Å². The number of nitrogens with two attached hydrogens (primary N) is 1. The number of rotatable bonds is 6. The summed E-state index contributed by atoms with van der Waals surface area (Å²) in [5, 5.41) is 12.1. The number of nitrogen functional groups attached to an aromatic ring is 1. The Labute approximate surface area is 249 Å². The van der Waals surface area contributed by atoms with Gasteiger partial charge in [0.1, 0.15) is 12.1 Å². The topological polar surface area (TPSA) is 157 Å². The van der Waals surface area contributed by atoms with E-state index in [4.69, 9.17) is 15.5 Å². The third kappa shape index (κ3) is 4.36. The lowest BCUT2D eigenvalue weighted by atomic mass is 9.85. The number of aromatic amines is 1. The molecule has 0 unspecified atom stereocenters. The molecule has 12 nitrogen and oxygen atoms in total. The Morgan fingerprint density at radius 3 is 2.39 bits per heavy atom. The van der Waals surface area contributed by atoms with E-state index in [0.717, 1.165) is 25.0 Å². The van der Waals surface area contributed by atoms with E-state index in [2.05, 4.69) is 25.3 Å². The number of H-pyrrole nitrogens is 1. The normalized spacial score (nSPS) is 19.5. The Kier molecular flexibility index (Phi) is 6.56. The number of Topliss-reactive ketones (excluding diaryl/α,β-unsaturated/α-hetero) is 1. The van der Waals surface area contributed by atoms with Crippen LogP contribution in [0.15, 0.2) is 43.0 Å². The first-order chi connectivity index (χ1) is 21.2. The first-order valence-corrected chi connectivity index (χ1v) is 14.1. The molecule has 4 aromatic heterocycles. The first kappa shape index (κ1) is 27.6. The molecule has 2 aliphatic rings. The molecule has 2 aliphatic heterocycles. The van der Waals surface area contributed by atoms with Gasteiger partial charge in [0.2, 0.25) is 5.82 Å². The number of benzene rings is 1. The standard InChI is InChI=1S/C30H27F2N9O3/c1-14(42)24-25(17-7-18-4-5-19(8-17)40(18)30(43)28-35-13-36-39-28)38-29-20(12-37-41(29)27(24)33)15-3-6-23(34-11-15)16-9-21(31)26(44-2)22(32)10-16/h3,6,9-13,17-19H,4-5,7-8,33H2,1-2H3,(H,35,36,39)/t17-,18-,19+. The van der Waals surface area contributed by atoms with Crippen LogP contribution in [0.1, 0.15) is 65.2 Å². The molecule has 44 heavy (non-hydrogen) atoms. The molecule has 0 radical (unpaired) electrons. The Morgan fingerprint density at radius 1 is 1.07 bits per heavy atom. The van der Waals surface area contributed by atoms with E-state index in [-0.39, 0.29) is 46.9 Å². The van der Waals surface area contributed by atoms with Gasteiger partial charge in [-0.1, -0.05) is 6.07 Å². The number of ketones is 1. The molecule has 224 valence electrons. The van der Waals surface area contributed by atoms with E-state index >= 15 is 0 Å². The van der Waals surface area contributed by atoms with E-state index in [9.17, 15) is 18.4 Å². The van der Waals surface area contributed by atoms with Crippen molar-refractivity contribution in [1.82, 2.24) is 39.7 Å². The number of fused-ring (bicyclic) bond motifs is 3. The summed E-state index contributed by atoms with van der Waals surface area (Å²) in [6.45, 7) is 1.46. The van der Waals surface area contributed by atoms with Crippen LogP contribution in [0.25, 0.3) is 28.0 Å². The highest BCUT2D eigenvalue weighted by Gasteiger charge is 2.45. The fourth-order valence-corrected chi connectivity index (χ4v) is 6.68. The number of carbonyl (C=O) groups excluding carboxylic acids is 2. The van der Waals surface area contributed by atoms with Crippen molar-refractivity contribution in [2.24, 2.45) is 0 Å². The van der Waals surface area contributed by atoms with Crippen molar-refractivity contribution in [3.8, 4) is 28.1 Å². The second kappa shape index (κ2) is 10.5. The summed E-state index contributed by atoms with van der Waals surface area (Å²) in [5.74, 6) is -2.23. The van der Waals surface area contributed by atoms with Crippen LogP contribution >= 0.6 is 0 Å². The minimum absolute atomic E-state index is 0.0378. The summed E-state index contributed by atoms with van der Waals surface area (Å²) < 4.78 is 34.8. The monoisotopic (exact) mass is 599 g/mol. The minimum Gasteiger partial charge on any atom is -0.491 e. The van der Waals surface area contributed by atoms with Gasteiger partial charge in [0.05, 0.1) is 30.3 Å². The van der Waals surface area contributed by atoms with Crippen molar-refractivity contribution >= 4 is 23.2 Å². The van der Waals surface area contributed by atoms with E-state index in [1.165, 1.54) is 24.9 Å². The molecule has 2 fully saturated rings. The Balaban J connectivity index is 1.24. The van der Waals surface area contributed by atoms with Crippen LogP contribution in [-0.2, 0) is 0 Å². The van der Waals surface area contributed by atoms with E-state index < -0.39 is 17.4 Å². The van der Waals surface area contributed by atoms with Crippen molar-refractivity contribution in [1.29, 1.82) is 0 Å². The number of aromatic nitrogens is 7. The maximum Gasteiger partial charge on any atom is 0.292 e. The van der Waals surface area contributed by atoms with Crippen LogP contribution < -0.4 is 10.5 Å². The van der Waals surface area contributed by atoms with Gasteiger partial charge in [0, 0.05) is 40.9 Å². The molecule has 5 aromatic rings. The van der Waals surface area contributed by atoms with Crippen LogP contribution in [0.2, 0.25) is 0 Å². The predicted molar refractivity (Wildman–Crippen MR) is 154 cm³/mol. The van der Waals surface area contributed by atoms with Crippen LogP contribution in [-0.4, -0.2) is 70.5 Å². The SMILES string of the molecule is COc1c(F)cc(-c2ccc(-c3cnn4c(N)c(C(C)=O)c([C@@H]5C[C@H]6CC[C@@H](C5)N6C(=O)c5nnc[nH]5)nc34)cn2)cc1F. The summed E-state index contributed by atoms with van der Waals surface area (Å²) >= 11 is 0. The zero-order chi connectivity index (χ0) is 30.7. The molecule has 0 spiro atoms. The van der Waals surface area contributed by atoms with Crippen LogP contribution in [0, 0.1) is 11.6 Å². The summed E-state index contributed by atoms with van der Waals surface area (Å²) in [5.41, 5.74) is 9.81. The average molecular weight is 600 g/mol. The lowest BCUT2D eigenvalue weighted by molar-refractivity contribution is 0.0556. The first-order valence-electron chi connectivity index (χ1n) is 14.1. The Bertz CT molecular complexity index is 1890. The van der Waals surface area contributed by atoms with Crippen LogP contribution in [0.3, 0.4) is 0 Å². The fourth-order valence-electron chi connectivity index (χ4n) is 6.68. The minimum atomic E-state index is -0.828. The number of halogens is 2. The number of pyridine rings is 1. The van der Waals surface area contributed by atoms with Gasteiger partial charge in [0.25, 0.3) is 5.91 Å². The van der Waals surface area contributed by atoms with Gasteiger partial charge >= 0.3 is 0 Å². The lowest BCUT2D eigenvalue weighted by Gasteiger charge is -2.38. The average Bonchev–Trinajstić information content (AvgIpc) is 3.75. The number of nitrogens with one attached hydrogen (secondary N) is 1. The zero-order valence-electron chi connectivity index (χ0n) is 23.8. The summed E-state index contributed by atoms with van der Waals surface area (Å²) in [6, 6.07) is 5.65. The molecule has 0 aliphatic carbocycles. The maximum absolute atomic E-state index is 14.3. The van der Waals surface area contributed by atoms with E-state index in [0.29, 0.717) is 46.6 Å². The molecule has 1 amide bonds. The van der Waals surface area contributed by atoms with Gasteiger partial charge in [0.15, 0.2) is 28.8 Å². The van der Waals surface area contributed by atoms with Crippen molar-refractivity contribution in [2.75, 3.05) is 12.8 Å². The largest absolute Gasteiger partial charge is 0.491 e. The third-order valence-electron chi connectivity index (χ3n) is 8.61. The molecule has 7 rings (SSSR count). The number of nitrogens with zero attached hydrogens (tertiary/aromatic N) is 7. The highest BCUT2D eigenvalue weighted by atomic mass is 19.1. The number of anilines is 1. The van der Waals surface area contributed by atoms with Gasteiger partial charge in [-0.25, -0.2) is 13.8 Å². The molecule has 0 saturated carbocycles. The molecule has 2 bridgehead atoms. The van der Waals surface area contributed by atoms with Gasteiger partial charge in [-0.05, 0) is 50.8 Å². The highest BCUT2D eigenvalue weighted by molar-refractivity contribution is 6.00.